The van der Waals surface area contributed by atoms with Crippen LogP contribution in [0.25, 0.3) is 0 Å². The summed E-state index contributed by atoms with van der Waals surface area (Å²) in [5, 5.41) is 4.60. The van der Waals surface area contributed by atoms with E-state index in [9.17, 15) is 17.2 Å². The summed E-state index contributed by atoms with van der Waals surface area (Å²) in [6.45, 7) is -0.584. The van der Waals surface area contributed by atoms with Crippen molar-refractivity contribution in [3.63, 3.8) is 0 Å². The van der Waals surface area contributed by atoms with Gasteiger partial charge in [0.2, 0.25) is 0 Å². The maximum Gasteiger partial charge on any atom is 0.274 e. The molecule has 4 nitrogen and oxygen atoms in total. The molecular formula is C8H10F2N2O2S. The molecule has 1 rings (SSSR count). The molecule has 0 aliphatic heterocycles. The molecule has 0 saturated carbocycles. The Morgan fingerprint density at radius 1 is 1.40 bits per heavy atom. The number of nitrogens with two attached hydrogens (primary N) is 1. The van der Waals surface area contributed by atoms with E-state index in [2.05, 4.69) is 5.14 Å². The number of hydrogen-bond donors (Lipinski definition) is 2. The molecule has 0 radical (unpaired) electrons. The highest BCUT2D eigenvalue weighted by atomic mass is 32.2. The molecule has 84 valence electrons. The lowest BCUT2D eigenvalue weighted by molar-refractivity contribution is 0.332. The molecule has 0 aliphatic carbocycles. The van der Waals surface area contributed by atoms with Crippen LogP contribution in [0.4, 0.5) is 8.78 Å². The molecule has 0 fully saturated rings. The van der Waals surface area contributed by atoms with Crippen molar-refractivity contribution >= 4 is 10.2 Å². The molecule has 1 atom stereocenters. The van der Waals surface area contributed by atoms with Gasteiger partial charge in [-0.1, -0.05) is 18.2 Å². The van der Waals surface area contributed by atoms with Gasteiger partial charge in [-0.25, -0.2) is 13.9 Å². The van der Waals surface area contributed by atoms with Crippen LogP contribution >= 0.6 is 0 Å². The molecular weight excluding hydrogens is 226 g/mol. The molecule has 1 aromatic carbocycles. The fourth-order valence-corrected chi connectivity index (χ4v) is 1.41. The average molecular weight is 236 g/mol. The van der Waals surface area contributed by atoms with Crippen molar-refractivity contribution in [2.24, 2.45) is 5.14 Å². The van der Waals surface area contributed by atoms with E-state index in [1.807, 2.05) is 0 Å². The molecule has 0 bridgehead atoms. The third-order valence-corrected chi connectivity index (χ3v) is 2.28. The second-order valence-corrected chi connectivity index (χ2v) is 4.26. The van der Waals surface area contributed by atoms with Crippen LogP contribution in [0.15, 0.2) is 24.3 Å². The molecule has 0 aromatic heterocycles. The van der Waals surface area contributed by atoms with E-state index in [-0.39, 0.29) is 5.56 Å². The highest BCUT2D eigenvalue weighted by molar-refractivity contribution is 7.87. The molecule has 0 aliphatic rings. The molecule has 3 N–H and O–H groups in total. The zero-order valence-electron chi connectivity index (χ0n) is 7.65. The fraction of sp³-hybridized carbons (Fsp3) is 0.250. The van der Waals surface area contributed by atoms with E-state index < -0.39 is 28.7 Å². The van der Waals surface area contributed by atoms with Gasteiger partial charge >= 0.3 is 0 Å². The third kappa shape index (κ3) is 3.90. The first kappa shape index (κ1) is 12.0. The van der Waals surface area contributed by atoms with Gasteiger partial charge in [-0.15, -0.1) is 0 Å². The molecule has 0 spiro atoms. The van der Waals surface area contributed by atoms with Crippen LogP contribution in [0, 0.1) is 5.82 Å². The van der Waals surface area contributed by atoms with Crippen LogP contribution < -0.4 is 9.86 Å². The molecule has 1 aromatic rings. The summed E-state index contributed by atoms with van der Waals surface area (Å²) < 4.78 is 49.0. The lowest BCUT2D eigenvalue weighted by Crippen LogP contribution is -2.33. The largest absolute Gasteiger partial charge is 0.274 e. The number of hydrogen-bond acceptors (Lipinski definition) is 2. The number of nitrogens with one attached hydrogen (secondary N) is 1. The van der Waals surface area contributed by atoms with Gasteiger partial charge in [0, 0.05) is 12.1 Å². The molecule has 15 heavy (non-hydrogen) atoms. The van der Waals surface area contributed by atoms with Crippen molar-refractivity contribution < 1.29 is 17.2 Å². The van der Waals surface area contributed by atoms with Crippen LogP contribution in [-0.4, -0.2) is 15.0 Å². The smallest absolute Gasteiger partial charge is 0.241 e. The monoisotopic (exact) mass is 236 g/mol. The first-order valence-electron chi connectivity index (χ1n) is 4.06. The summed E-state index contributed by atoms with van der Waals surface area (Å²) in [6, 6.07) is 5.21. The van der Waals surface area contributed by atoms with Crippen molar-refractivity contribution in [3.8, 4) is 0 Å². The van der Waals surface area contributed by atoms with E-state index in [1.165, 1.54) is 18.2 Å². The van der Waals surface area contributed by atoms with Gasteiger partial charge < -0.3 is 0 Å². The first-order chi connectivity index (χ1) is 6.90. The average Bonchev–Trinajstić information content (AvgIpc) is 2.14. The molecule has 1 unspecified atom stereocenters. The second kappa shape index (κ2) is 4.65. The zero-order chi connectivity index (χ0) is 11.5. The highest BCUT2D eigenvalue weighted by Crippen LogP contribution is 2.19. The summed E-state index contributed by atoms with van der Waals surface area (Å²) in [6.07, 6.45) is -1.76. The van der Waals surface area contributed by atoms with Crippen molar-refractivity contribution in [1.29, 1.82) is 0 Å². The maximum atomic E-state index is 13.3. The Bertz CT molecular complexity index is 436. The van der Waals surface area contributed by atoms with Gasteiger partial charge in [0.1, 0.15) is 12.0 Å². The summed E-state index contributed by atoms with van der Waals surface area (Å²) in [4.78, 5) is 0. The Hall–Kier alpha value is -1.05. The van der Waals surface area contributed by atoms with Gasteiger partial charge in [-0.3, -0.25) is 0 Å². The predicted molar refractivity (Wildman–Crippen MR) is 51.4 cm³/mol. The maximum absolute atomic E-state index is 13.3. The van der Waals surface area contributed by atoms with Crippen LogP contribution in [-0.2, 0) is 10.2 Å². The van der Waals surface area contributed by atoms with Crippen LogP contribution in [0.3, 0.4) is 0 Å². The van der Waals surface area contributed by atoms with Crippen molar-refractivity contribution in [1.82, 2.24) is 4.72 Å². The van der Waals surface area contributed by atoms with Crippen LogP contribution in [0.5, 0.6) is 0 Å². The number of alkyl halides is 1. The fourth-order valence-electron chi connectivity index (χ4n) is 1.03. The lowest BCUT2D eigenvalue weighted by atomic mass is 10.1. The Morgan fingerprint density at radius 3 is 2.53 bits per heavy atom. The van der Waals surface area contributed by atoms with E-state index in [0.29, 0.717) is 0 Å². The zero-order valence-corrected chi connectivity index (χ0v) is 8.47. The van der Waals surface area contributed by atoms with E-state index in [1.54, 1.807) is 4.72 Å². The van der Waals surface area contributed by atoms with Gasteiger partial charge in [-0.2, -0.15) is 13.1 Å². The SMILES string of the molecule is NS(=O)(=O)NCC(F)c1ccccc1F. The van der Waals surface area contributed by atoms with Crippen LogP contribution in [0.2, 0.25) is 0 Å². The highest BCUT2D eigenvalue weighted by Gasteiger charge is 2.15. The van der Waals surface area contributed by atoms with E-state index in [4.69, 9.17) is 0 Å². The summed E-state index contributed by atoms with van der Waals surface area (Å²) in [7, 11) is -3.95. The number of benzene rings is 1. The molecule has 0 saturated heterocycles. The topological polar surface area (TPSA) is 72.2 Å². The summed E-state index contributed by atoms with van der Waals surface area (Å²) in [5.74, 6) is -0.721. The second-order valence-electron chi connectivity index (χ2n) is 2.88. The molecule has 7 heteroatoms. The third-order valence-electron chi connectivity index (χ3n) is 1.71. The Morgan fingerprint density at radius 2 is 2.00 bits per heavy atom. The van der Waals surface area contributed by atoms with Gasteiger partial charge in [-0.05, 0) is 6.07 Å². The van der Waals surface area contributed by atoms with Gasteiger partial charge in [0.25, 0.3) is 10.2 Å². The minimum atomic E-state index is -3.95. The standard InChI is InChI=1S/C8H10F2N2O2S/c9-7-4-2-1-3-6(7)8(10)5-12-15(11,13)14/h1-4,8,12H,5H2,(H2,11,13,14). The van der Waals surface area contributed by atoms with Gasteiger partial charge in [0.15, 0.2) is 0 Å². The quantitative estimate of drug-likeness (QED) is 0.804. The minimum absolute atomic E-state index is 0.200. The Labute approximate surface area is 86.3 Å². The molecule has 0 heterocycles. The van der Waals surface area contributed by atoms with Crippen molar-refractivity contribution in [2.75, 3.05) is 6.54 Å². The Kier molecular flexibility index (Phi) is 3.72. The number of rotatable bonds is 4. The normalized spacial score (nSPS) is 13.8. The van der Waals surface area contributed by atoms with E-state index in [0.717, 1.165) is 6.07 Å². The Balaban J connectivity index is 2.70. The van der Waals surface area contributed by atoms with Gasteiger partial charge in [0.05, 0.1) is 0 Å². The van der Waals surface area contributed by atoms with E-state index >= 15 is 0 Å². The predicted octanol–water partition coefficient (Wildman–Crippen LogP) is 0.629. The summed E-state index contributed by atoms with van der Waals surface area (Å²) in [5.41, 5.74) is -0.200. The molecule has 0 amide bonds. The first-order valence-corrected chi connectivity index (χ1v) is 5.60. The van der Waals surface area contributed by atoms with Crippen LogP contribution in [0.1, 0.15) is 11.7 Å². The minimum Gasteiger partial charge on any atom is -0.241 e. The lowest BCUT2D eigenvalue weighted by Gasteiger charge is -2.09. The van der Waals surface area contributed by atoms with Crippen molar-refractivity contribution in [3.05, 3.63) is 35.6 Å². The number of halogens is 2. The van der Waals surface area contributed by atoms with Crippen molar-refractivity contribution in [2.45, 2.75) is 6.17 Å². The summed E-state index contributed by atoms with van der Waals surface area (Å²) >= 11 is 0.